The maximum Gasteiger partial charge on any atom is 0.525 e. The van der Waals surface area contributed by atoms with Crippen LogP contribution in [0.15, 0.2) is 47.6 Å². The van der Waals surface area contributed by atoms with Gasteiger partial charge in [0.2, 0.25) is 0 Å². The normalized spacial score (nSPS) is 26.8. The minimum Gasteiger partial charge on any atom is -0.271 e. The van der Waals surface area contributed by atoms with E-state index in [1.165, 1.54) is 24.3 Å². The van der Waals surface area contributed by atoms with Crippen LogP contribution in [0, 0.1) is 11.8 Å². The molecule has 3 rings (SSSR count). The van der Waals surface area contributed by atoms with Gasteiger partial charge in [0, 0.05) is 11.5 Å². The topological polar surface area (TPSA) is 80.8 Å². The van der Waals surface area contributed by atoms with Crippen LogP contribution in [0.25, 0.3) is 0 Å². The van der Waals surface area contributed by atoms with Gasteiger partial charge in [-0.3, -0.25) is 9.59 Å². The molecule has 0 saturated carbocycles. The van der Waals surface area contributed by atoms with Crippen molar-refractivity contribution in [1.29, 1.82) is 0 Å². The predicted octanol–water partition coefficient (Wildman–Crippen LogP) is 1.36. The van der Waals surface area contributed by atoms with Crippen molar-refractivity contribution in [3.63, 3.8) is 0 Å². The third kappa shape index (κ3) is 2.34. The van der Waals surface area contributed by atoms with Gasteiger partial charge in [-0.1, -0.05) is 36.5 Å². The Kier molecular flexibility index (Phi) is 3.34. The SMILES string of the molecule is O=C1C2=CC=CC3=CC=CC(C(=O)N1OS(=O)(=O)C(F)(F)F)C32. The van der Waals surface area contributed by atoms with Crippen molar-refractivity contribution < 1.29 is 35.5 Å². The minimum atomic E-state index is -6.13. The Morgan fingerprint density at radius 2 is 1.83 bits per heavy atom. The third-order valence-corrected chi connectivity index (χ3v) is 4.51. The van der Waals surface area contributed by atoms with E-state index < -0.39 is 39.3 Å². The summed E-state index contributed by atoms with van der Waals surface area (Å²) in [6, 6.07) is 0. The first-order valence-corrected chi connectivity index (χ1v) is 7.70. The number of nitrogens with zero attached hydrogens (tertiary/aromatic N) is 1. The molecule has 2 unspecified atom stereocenters. The summed E-state index contributed by atoms with van der Waals surface area (Å²) >= 11 is 0. The number of allylic oxidation sites excluding steroid dienone is 6. The number of hydrogen-bond donors (Lipinski definition) is 0. The molecule has 0 radical (unpaired) electrons. The highest BCUT2D eigenvalue weighted by molar-refractivity contribution is 7.87. The molecule has 2 aliphatic carbocycles. The Balaban J connectivity index is 2.01. The lowest BCUT2D eigenvalue weighted by Gasteiger charge is -2.38. The number of carbonyl (C=O) groups is 2. The zero-order valence-electron chi connectivity index (χ0n) is 11.1. The Bertz CT molecular complexity index is 819. The second kappa shape index (κ2) is 4.90. The second-order valence-corrected chi connectivity index (χ2v) is 6.47. The molecule has 6 nitrogen and oxygen atoms in total. The minimum absolute atomic E-state index is 0.00919. The standard InChI is InChI=1S/C13H8F3NO5S/c14-13(15,16)23(20,21)22-17-11(18)8-5-1-3-7-4-2-6-9(10(7)8)12(17)19/h1-6,8,10H. The lowest BCUT2D eigenvalue weighted by Crippen LogP contribution is -2.52. The Hall–Kier alpha value is -2.20. The molecule has 2 amide bonds. The molecule has 1 aliphatic heterocycles. The lowest BCUT2D eigenvalue weighted by atomic mass is 9.72. The number of halogens is 3. The average molecular weight is 347 g/mol. The zero-order valence-corrected chi connectivity index (χ0v) is 12.0. The van der Waals surface area contributed by atoms with Gasteiger partial charge >= 0.3 is 15.6 Å². The first-order chi connectivity index (χ1) is 10.6. The van der Waals surface area contributed by atoms with E-state index in [9.17, 15) is 31.2 Å². The summed E-state index contributed by atoms with van der Waals surface area (Å²) in [7, 11) is -6.13. The molecule has 1 saturated heterocycles. The highest BCUT2D eigenvalue weighted by atomic mass is 32.2. The number of imide groups is 1. The quantitative estimate of drug-likeness (QED) is 0.557. The smallest absolute Gasteiger partial charge is 0.271 e. The van der Waals surface area contributed by atoms with Gasteiger partial charge in [-0.25, -0.2) is 0 Å². The predicted molar refractivity (Wildman–Crippen MR) is 69.3 cm³/mol. The highest BCUT2D eigenvalue weighted by Crippen LogP contribution is 2.42. The van der Waals surface area contributed by atoms with Gasteiger partial charge in [0.15, 0.2) is 0 Å². The Morgan fingerprint density at radius 1 is 1.13 bits per heavy atom. The van der Waals surface area contributed by atoms with E-state index >= 15 is 0 Å². The Morgan fingerprint density at radius 3 is 2.48 bits per heavy atom. The largest absolute Gasteiger partial charge is 0.525 e. The molecule has 3 aliphatic rings. The van der Waals surface area contributed by atoms with E-state index in [0.29, 0.717) is 5.57 Å². The van der Waals surface area contributed by atoms with Crippen LogP contribution in [0.2, 0.25) is 0 Å². The van der Waals surface area contributed by atoms with Crippen LogP contribution in [0.1, 0.15) is 0 Å². The molecule has 0 aromatic carbocycles. The molecule has 0 spiro atoms. The van der Waals surface area contributed by atoms with E-state index in [1.807, 2.05) is 0 Å². The monoisotopic (exact) mass is 347 g/mol. The van der Waals surface area contributed by atoms with Crippen LogP contribution in [-0.2, 0) is 24.0 Å². The molecule has 122 valence electrons. The summed E-state index contributed by atoms with van der Waals surface area (Å²) in [6.45, 7) is 0. The summed E-state index contributed by atoms with van der Waals surface area (Å²) in [4.78, 5) is 24.4. The van der Waals surface area contributed by atoms with Crippen LogP contribution in [0.4, 0.5) is 13.2 Å². The summed E-state index contributed by atoms with van der Waals surface area (Å²) in [5, 5.41) is -0.331. The number of rotatable bonds is 2. The van der Waals surface area contributed by atoms with E-state index in [1.54, 1.807) is 12.2 Å². The summed E-state index contributed by atoms with van der Waals surface area (Å²) in [5.74, 6) is -4.05. The van der Waals surface area contributed by atoms with E-state index in [-0.39, 0.29) is 10.6 Å². The van der Waals surface area contributed by atoms with Gasteiger partial charge in [-0.15, -0.1) is 9.35 Å². The molecule has 23 heavy (non-hydrogen) atoms. The van der Waals surface area contributed by atoms with E-state index in [2.05, 4.69) is 4.28 Å². The van der Waals surface area contributed by atoms with Gasteiger partial charge in [0.1, 0.15) is 0 Å². The van der Waals surface area contributed by atoms with Crippen molar-refractivity contribution in [1.82, 2.24) is 5.06 Å². The summed E-state index contributed by atoms with van der Waals surface area (Å²) in [5.41, 5.74) is -5.13. The molecule has 0 bridgehead atoms. The lowest BCUT2D eigenvalue weighted by molar-refractivity contribution is -0.178. The number of amides is 2. The summed E-state index contributed by atoms with van der Waals surface area (Å²) in [6.07, 6.45) is 9.01. The van der Waals surface area contributed by atoms with Gasteiger partial charge < -0.3 is 0 Å². The van der Waals surface area contributed by atoms with Crippen LogP contribution in [0.5, 0.6) is 0 Å². The highest BCUT2D eigenvalue weighted by Gasteiger charge is 2.54. The first kappa shape index (κ1) is 15.7. The molecule has 10 heteroatoms. The number of hydrogen-bond acceptors (Lipinski definition) is 5. The van der Waals surface area contributed by atoms with Crippen molar-refractivity contribution in [3.05, 3.63) is 47.6 Å². The fourth-order valence-electron chi connectivity index (χ4n) is 2.60. The van der Waals surface area contributed by atoms with Crippen LogP contribution < -0.4 is 0 Å². The molecule has 0 aromatic rings. The summed E-state index contributed by atoms with van der Waals surface area (Å²) < 4.78 is 63.2. The zero-order chi connectivity index (χ0) is 17.0. The second-order valence-electron chi connectivity index (χ2n) is 4.95. The van der Waals surface area contributed by atoms with Crippen LogP contribution >= 0.6 is 0 Å². The fraction of sp³-hybridized carbons (Fsp3) is 0.231. The molecule has 0 N–H and O–H groups in total. The molecular formula is C13H8F3NO5S. The molecular weight excluding hydrogens is 339 g/mol. The average Bonchev–Trinajstić information content (AvgIpc) is 2.48. The number of alkyl halides is 3. The van der Waals surface area contributed by atoms with Crippen molar-refractivity contribution in [2.24, 2.45) is 11.8 Å². The number of piperidine rings is 1. The maximum atomic E-state index is 12.4. The van der Waals surface area contributed by atoms with Gasteiger partial charge in [0.05, 0.1) is 5.92 Å². The van der Waals surface area contributed by atoms with Crippen LogP contribution in [0.3, 0.4) is 0 Å². The fourth-order valence-corrected chi connectivity index (χ4v) is 3.02. The first-order valence-electron chi connectivity index (χ1n) is 6.29. The van der Waals surface area contributed by atoms with Crippen molar-refractivity contribution in [2.45, 2.75) is 5.51 Å². The van der Waals surface area contributed by atoms with Crippen molar-refractivity contribution in [2.75, 3.05) is 0 Å². The van der Waals surface area contributed by atoms with Crippen LogP contribution in [-0.4, -0.2) is 30.8 Å². The molecule has 1 fully saturated rings. The van der Waals surface area contributed by atoms with Gasteiger partial charge in [-0.2, -0.15) is 21.6 Å². The van der Waals surface area contributed by atoms with E-state index in [4.69, 9.17) is 0 Å². The Labute approximate surface area is 128 Å². The van der Waals surface area contributed by atoms with Gasteiger partial charge in [-0.05, 0) is 5.57 Å². The third-order valence-electron chi connectivity index (χ3n) is 3.60. The number of hydroxylamine groups is 2. The maximum absolute atomic E-state index is 12.4. The molecule has 1 heterocycles. The number of carbonyl (C=O) groups excluding carboxylic acids is 2. The van der Waals surface area contributed by atoms with E-state index in [0.717, 1.165) is 0 Å². The molecule has 0 aromatic heterocycles. The molecule has 2 atom stereocenters. The van der Waals surface area contributed by atoms with Crippen molar-refractivity contribution in [3.8, 4) is 0 Å². The van der Waals surface area contributed by atoms with Crippen molar-refractivity contribution >= 4 is 21.9 Å². The van der Waals surface area contributed by atoms with Gasteiger partial charge in [0.25, 0.3) is 11.8 Å².